The maximum atomic E-state index is 8.27. The van der Waals surface area contributed by atoms with Gasteiger partial charge in [-0.05, 0) is 23.3 Å². The van der Waals surface area contributed by atoms with Crippen molar-refractivity contribution in [2.24, 2.45) is 0 Å². The fourth-order valence-electron chi connectivity index (χ4n) is 1.65. The van der Waals surface area contributed by atoms with Crippen molar-refractivity contribution in [3.63, 3.8) is 0 Å². The summed E-state index contributed by atoms with van der Waals surface area (Å²) in [5, 5.41) is 0. The Hall–Kier alpha value is -1.76. The number of hydrogen-bond donors (Lipinski definition) is 0. The Balaban J connectivity index is 2.23. The lowest BCUT2D eigenvalue weighted by atomic mass is 10.1. The van der Waals surface area contributed by atoms with Crippen LogP contribution in [0.1, 0.15) is 16.6 Å². The molecule has 0 saturated carbocycles. The Bertz CT molecular complexity index is 575. The lowest BCUT2D eigenvalue weighted by Crippen LogP contribution is -2.13. The lowest BCUT2D eigenvalue weighted by Gasteiger charge is -2.17. The molecule has 3 rings (SSSR count). The van der Waals surface area contributed by atoms with Crippen molar-refractivity contribution in [1.29, 1.82) is 0 Å². The van der Waals surface area contributed by atoms with Crippen LogP contribution in [-0.4, -0.2) is 0 Å². The zero-order valence-corrected chi connectivity index (χ0v) is 8.14. The summed E-state index contributed by atoms with van der Waals surface area (Å²) < 4.78 is 33.1. The van der Waals surface area contributed by atoms with E-state index in [0.29, 0.717) is 16.8 Å². The summed E-state index contributed by atoms with van der Waals surface area (Å²) in [4.78, 5) is 1.20. The highest BCUT2D eigenvalue weighted by Gasteiger charge is 2.17. The number of anilines is 1. The van der Waals surface area contributed by atoms with E-state index in [1.54, 1.807) is 48.5 Å². The molecule has 0 aromatic heterocycles. The lowest BCUT2D eigenvalue weighted by molar-refractivity contribution is 0.880. The van der Waals surface area contributed by atoms with Crippen molar-refractivity contribution >= 4 is 5.69 Å². The quantitative estimate of drug-likeness (QED) is 0.681. The second-order valence-electron chi connectivity index (χ2n) is 3.44. The molecule has 15 heavy (non-hydrogen) atoms. The molecule has 2 aromatic carbocycles. The first kappa shape index (κ1) is 5.36. The van der Waals surface area contributed by atoms with Crippen molar-refractivity contribution in [2.45, 2.75) is 13.0 Å². The van der Waals surface area contributed by atoms with E-state index in [0.717, 1.165) is 0 Å². The summed E-state index contributed by atoms with van der Waals surface area (Å²) in [6.07, 6.45) is 0. The van der Waals surface area contributed by atoms with E-state index in [9.17, 15) is 0 Å². The molecular weight excluding hydrogens is 182 g/mol. The molecule has 0 fully saturated rings. The van der Waals surface area contributed by atoms with Gasteiger partial charge < -0.3 is 4.90 Å². The predicted octanol–water partition coefficient (Wildman–Crippen LogP) is 3.21. The Morgan fingerprint density at radius 3 is 1.93 bits per heavy atom. The number of hydrogen-bond acceptors (Lipinski definition) is 1. The van der Waals surface area contributed by atoms with E-state index < -0.39 is 13.0 Å². The minimum absolute atomic E-state index is 0.392. The van der Waals surface area contributed by atoms with Gasteiger partial charge in [-0.2, -0.15) is 0 Å². The van der Waals surface area contributed by atoms with Crippen LogP contribution in [0.4, 0.5) is 5.69 Å². The van der Waals surface area contributed by atoms with Crippen LogP contribution in [0.25, 0.3) is 0 Å². The second kappa shape index (κ2) is 3.43. The molecule has 0 spiro atoms. The Morgan fingerprint density at radius 2 is 1.33 bits per heavy atom. The normalized spacial score (nSPS) is 24.7. The van der Waals surface area contributed by atoms with Gasteiger partial charge in [0.15, 0.2) is 0 Å². The van der Waals surface area contributed by atoms with Gasteiger partial charge in [-0.3, -0.25) is 0 Å². The molecule has 1 aliphatic heterocycles. The first-order valence-corrected chi connectivity index (χ1v) is 4.91. The van der Waals surface area contributed by atoms with Crippen LogP contribution < -0.4 is 4.90 Å². The average molecular weight is 199 g/mol. The van der Waals surface area contributed by atoms with Crippen LogP contribution >= 0.6 is 0 Å². The molecule has 2 aromatic rings. The van der Waals surface area contributed by atoms with Gasteiger partial charge in [0.2, 0.25) is 0 Å². The molecular formula is C14H13N. The van der Waals surface area contributed by atoms with Crippen LogP contribution in [-0.2, 0) is 13.0 Å². The first-order valence-electron chi connectivity index (χ1n) is 6.91. The SMILES string of the molecule is [2H]C1([2H])c2ccccc2C([2H])([2H])N1c1ccccc1. The van der Waals surface area contributed by atoms with E-state index in [4.69, 9.17) is 5.48 Å². The number of benzene rings is 2. The van der Waals surface area contributed by atoms with Crippen molar-refractivity contribution in [3.05, 3.63) is 65.7 Å². The van der Waals surface area contributed by atoms with Crippen molar-refractivity contribution in [1.82, 2.24) is 0 Å². The van der Waals surface area contributed by atoms with Crippen LogP contribution in [0.2, 0.25) is 0 Å². The minimum Gasteiger partial charge on any atom is -0.363 e. The number of fused-ring (bicyclic) bond motifs is 1. The van der Waals surface area contributed by atoms with Crippen molar-refractivity contribution in [3.8, 4) is 0 Å². The van der Waals surface area contributed by atoms with Crippen molar-refractivity contribution < 1.29 is 5.48 Å². The molecule has 0 radical (unpaired) electrons. The zero-order chi connectivity index (χ0) is 13.7. The molecule has 0 amide bonds. The van der Waals surface area contributed by atoms with Gasteiger partial charge in [0.05, 0.1) is 5.48 Å². The van der Waals surface area contributed by atoms with Gasteiger partial charge in [0, 0.05) is 18.7 Å². The number of nitrogens with zero attached hydrogens (tertiary/aromatic N) is 1. The predicted molar refractivity (Wildman–Crippen MR) is 62.8 cm³/mol. The largest absolute Gasteiger partial charge is 0.363 e. The molecule has 0 saturated heterocycles. The van der Waals surface area contributed by atoms with Gasteiger partial charge in [-0.15, -0.1) is 0 Å². The molecule has 0 bridgehead atoms. The smallest absolute Gasteiger partial charge is 0.0544 e. The minimum atomic E-state index is -1.86. The van der Waals surface area contributed by atoms with Gasteiger partial charge in [0.25, 0.3) is 0 Å². The van der Waals surface area contributed by atoms with E-state index in [1.165, 1.54) is 4.90 Å². The molecule has 0 aliphatic carbocycles. The van der Waals surface area contributed by atoms with Crippen LogP contribution in [0, 0.1) is 0 Å². The van der Waals surface area contributed by atoms with Crippen molar-refractivity contribution in [2.75, 3.05) is 4.90 Å². The highest BCUT2D eigenvalue weighted by molar-refractivity contribution is 5.51. The summed E-state index contributed by atoms with van der Waals surface area (Å²) in [6.45, 7) is -3.72. The fourth-order valence-corrected chi connectivity index (χ4v) is 1.65. The first-order chi connectivity index (χ1) is 8.95. The van der Waals surface area contributed by atoms with E-state index in [1.807, 2.05) is 6.07 Å². The molecule has 0 unspecified atom stereocenters. The highest BCUT2D eigenvalue weighted by Crippen LogP contribution is 2.27. The fraction of sp³-hybridized carbons (Fsp3) is 0.143. The summed E-state index contributed by atoms with van der Waals surface area (Å²) in [5.41, 5.74) is 1.32. The van der Waals surface area contributed by atoms with E-state index in [2.05, 4.69) is 0 Å². The molecule has 1 heterocycles. The maximum absolute atomic E-state index is 8.27. The second-order valence-corrected chi connectivity index (χ2v) is 3.44. The maximum Gasteiger partial charge on any atom is 0.0544 e. The Morgan fingerprint density at radius 1 is 0.800 bits per heavy atom. The van der Waals surface area contributed by atoms with Gasteiger partial charge in [-0.25, -0.2) is 0 Å². The van der Waals surface area contributed by atoms with Gasteiger partial charge in [-0.1, -0.05) is 42.5 Å². The van der Waals surface area contributed by atoms with Crippen LogP contribution in [0.15, 0.2) is 54.6 Å². The van der Waals surface area contributed by atoms with Crippen LogP contribution in [0.3, 0.4) is 0 Å². The molecule has 1 heteroatoms. The monoisotopic (exact) mass is 199 g/mol. The molecule has 1 aliphatic rings. The zero-order valence-electron chi connectivity index (χ0n) is 12.1. The summed E-state index contributed by atoms with van der Waals surface area (Å²) in [7, 11) is 0. The molecule has 0 N–H and O–H groups in total. The summed E-state index contributed by atoms with van der Waals surface area (Å²) in [5.74, 6) is 0. The van der Waals surface area contributed by atoms with Crippen LogP contribution in [0.5, 0.6) is 0 Å². The third-order valence-electron chi connectivity index (χ3n) is 2.41. The third-order valence-corrected chi connectivity index (χ3v) is 2.41. The Labute approximate surface area is 95.6 Å². The van der Waals surface area contributed by atoms with Gasteiger partial charge >= 0.3 is 0 Å². The molecule has 74 valence electrons. The van der Waals surface area contributed by atoms with E-state index in [-0.39, 0.29) is 0 Å². The number of para-hydroxylation sites is 1. The molecule has 1 nitrogen and oxygen atoms in total. The third kappa shape index (κ3) is 1.50. The Kier molecular flexibility index (Phi) is 1.22. The number of rotatable bonds is 1. The van der Waals surface area contributed by atoms with E-state index >= 15 is 0 Å². The van der Waals surface area contributed by atoms with Gasteiger partial charge in [0.1, 0.15) is 0 Å². The summed E-state index contributed by atoms with van der Waals surface area (Å²) in [6, 6.07) is 15.6. The molecule has 0 atom stereocenters. The average Bonchev–Trinajstić information content (AvgIpc) is 2.55. The summed E-state index contributed by atoms with van der Waals surface area (Å²) >= 11 is 0. The highest BCUT2D eigenvalue weighted by atomic mass is 15.1. The topological polar surface area (TPSA) is 3.24 Å². The standard InChI is InChI=1S/C14H13N/c1-2-8-14(9-3-1)15-10-12-6-4-5-7-13(12)11-15/h1-9H,10-11H2/i10D2,11D2.